The maximum atomic E-state index is 8.88. The maximum Gasteiger partial charge on any atom is 0.140 e. The Bertz CT molecular complexity index is 790. The number of nitriles is 1. The van der Waals surface area contributed by atoms with Gasteiger partial charge in [-0.15, -0.1) is 0 Å². The Labute approximate surface area is 128 Å². The van der Waals surface area contributed by atoms with Gasteiger partial charge in [-0.3, -0.25) is 4.98 Å². The Kier molecular flexibility index (Phi) is 4.12. The molecule has 108 valence electrons. The highest BCUT2D eigenvalue weighted by atomic mass is 16.5. The minimum absolute atomic E-state index is 0.503. The van der Waals surface area contributed by atoms with Gasteiger partial charge in [0.15, 0.2) is 0 Å². The van der Waals surface area contributed by atoms with Gasteiger partial charge in [-0.2, -0.15) is 5.26 Å². The second-order valence-electron chi connectivity index (χ2n) is 4.67. The lowest BCUT2D eigenvalue weighted by Crippen LogP contribution is -2.08. The van der Waals surface area contributed by atoms with Crippen molar-refractivity contribution in [3.63, 3.8) is 0 Å². The normalized spacial score (nSPS) is 10.1. The number of aromatic nitrogens is 3. The summed E-state index contributed by atoms with van der Waals surface area (Å²) in [5, 5.41) is 8.88. The minimum Gasteiger partial charge on any atom is -0.492 e. The first-order valence-corrected chi connectivity index (χ1v) is 6.91. The van der Waals surface area contributed by atoms with Crippen LogP contribution in [0.4, 0.5) is 0 Å². The Balaban J connectivity index is 1.66. The van der Waals surface area contributed by atoms with Crippen molar-refractivity contribution in [1.29, 1.82) is 5.26 Å². The fraction of sp³-hybridized carbons (Fsp3) is 0.118. The summed E-state index contributed by atoms with van der Waals surface area (Å²) in [4.78, 5) is 8.39. The van der Waals surface area contributed by atoms with Crippen molar-refractivity contribution >= 4 is 0 Å². The first-order valence-electron chi connectivity index (χ1n) is 6.91. The highest BCUT2D eigenvalue weighted by molar-refractivity contribution is 5.54. The van der Waals surface area contributed by atoms with Gasteiger partial charge in [0.1, 0.15) is 18.2 Å². The van der Waals surface area contributed by atoms with Crippen LogP contribution in [0.2, 0.25) is 0 Å². The van der Waals surface area contributed by atoms with Gasteiger partial charge in [0.25, 0.3) is 0 Å². The largest absolute Gasteiger partial charge is 0.492 e. The van der Waals surface area contributed by atoms with Gasteiger partial charge in [-0.05, 0) is 30.3 Å². The van der Waals surface area contributed by atoms with Crippen molar-refractivity contribution in [2.45, 2.75) is 6.54 Å². The summed E-state index contributed by atoms with van der Waals surface area (Å²) in [7, 11) is 0. The number of ether oxygens (including phenoxy) is 1. The molecule has 0 amide bonds. The van der Waals surface area contributed by atoms with Crippen molar-refractivity contribution in [3.05, 3.63) is 66.7 Å². The molecule has 0 saturated heterocycles. The summed E-state index contributed by atoms with van der Waals surface area (Å²) >= 11 is 0. The van der Waals surface area contributed by atoms with Crippen LogP contribution >= 0.6 is 0 Å². The number of hydrogen-bond donors (Lipinski definition) is 0. The molecule has 0 atom stereocenters. The van der Waals surface area contributed by atoms with Crippen LogP contribution < -0.4 is 4.74 Å². The highest BCUT2D eigenvalue weighted by Crippen LogP contribution is 2.16. The quantitative estimate of drug-likeness (QED) is 0.724. The minimum atomic E-state index is 0.503. The Morgan fingerprint density at radius 3 is 2.82 bits per heavy atom. The van der Waals surface area contributed by atoms with Crippen LogP contribution in [0.1, 0.15) is 5.56 Å². The lowest BCUT2D eigenvalue weighted by atomic mass is 10.2. The molecule has 0 aliphatic carbocycles. The molecule has 22 heavy (non-hydrogen) atoms. The fourth-order valence-corrected chi connectivity index (χ4v) is 2.17. The molecule has 0 aliphatic heterocycles. The first kappa shape index (κ1) is 13.8. The van der Waals surface area contributed by atoms with E-state index in [2.05, 4.69) is 16.0 Å². The average molecular weight is 290 g/mol. The van der Waals surface area contributed by atoms with E-state index in [-0.39, 0.29) is 0 Å². The molecule has 0 saturated carbocycles. The summed E-state index contributed by atoms with van der Waals surface area (Å²) < 4.78 is 7.73. The monoisotopic (exact) mass is 290 g/mol. The third kappa shape index (κ3) is 3.13. The van der Waals surface area contributed by atoms with E-state index in [1.807, 2.05) is 35.0 Å². The van der Waals surface area contributed by atoms with Crippen molar-refractivity contribution in [1.82, 2.24) is 14.5 Å². The molecule has 0 N–H and O–H groups in total. The van der Waals surface area contributed by atoms with E-state index in [1.54, 1.807) is 30.7 Å². The van der Waals surface area contributed by atoms with Crippen LogP contribution in [-0.2, 0) is 6.54 Å². The molecule has 2 aromatic heterocycles. The molecule has 0 radical (unpaired) electrons. The summed E-state index contributed by atoms with van der Waals surface area (Å²) in [6.45, 7) is 1.18. The van der Waals surface area contributed by atoms with E-state index in [4.69, 9.17) is 10.00 Å². The molecule has 5 heteroatoms. The molecular weight excluding hydrogens is 276 g/mol. The fourth-order valence-electron chi connectivity index (χ4n) is 2.17. The van der Waals surface area contributed by atoms with Crippen molar-refractivity contribution < 1.29 is 4.74 Å². The molecule has 0 unspecified atom stereocenters. The van der Waals surface area contributed by atoms with E-state index in [0.29, 0.717) is 24.5 Å². The zero-order valence-electron chi connectivity index (χ0n) is 11.9. The lowest BCUT2D eigenvalue weighted by Gasteiger charge is -2.09. The topological polar surface area (TPSA) is 63.7 Å². The Hall–Kier alpha value is -3.13. The smallest absolute Gasteiger partial charge is 0.140 e. The van der Waals surface area contributed by atoms with Crippen LogP contribution in [0.15, 0.2) is 61.2 Å². The molecule has 5 nitrogen and oxygen atoms in total. The molecule has 0 bridgehead atoms. The molecule has 1 aromatic carbocycles. The van der Waals surface area contributed by atoms with Crippen LogP contribution in [0, 0.1) is 11.3 Å². The highest BCUT2D eigenvalue weighted by Gasteiger charge is 2.05. The Morgan fingerprint density at radius 1 is 1.14 bits per heavy atom. The number of nitrogens with zero attached hydrogens (tertiary/aromatic N) is 4. The van der Waals surface area contributed by atoms with Gasteiger partial charge in [0.05, 0.1) is 18.2 Å². The SMILES string of the molecule is N#Cc1cccc(OCCn2ccnc2-c2ccncc2)c1. The number of rotatable bonds is 5. The maximum absolute atomic E-state index is 8.88. The van der Waals surface area contributed by atoms with Gasteiger partial charge < -0.3 is 9.30 Å². The summed E-state index contributed by atoms with van der Waals surface area (Å²) in [6, 6.07) is 13.1. The summed E-state index contributed by atoms with van der Waals surface area (Å²) in [5.41, 5.74) is 1.61. The van der Waals surface area contributed by atoms with E-state index in [1.165, 1.54) is 0 Å². The molecule has 0 aliphatic rings. The predicted molar refractivity (Wildman–Crippen MR) is 82.1 cm³/mol. The third-order valence-corrected chi connectivity index (χ3v) is 3.22. The average Bonchev–Trinajstić information content (AvgIpc) is 3.04. The molecule has 0 fully saturated rings. The van der Waals surface area contributed by atoms with Gasteiger partial charge in [0.2, 0.25) is 0 Å². The molecule has 3 aromatic rings. The van der Waals surface area contributed by atoms with E-state index >= 15 is 0 Å². The predicted octanol–water partition coefficient (Wildman–Crippen LogP) is 2.90. The van der Waals surface area contributed by atoms with E-state index in [0.717, 1.165) is 11.4 Å². The van der Waals surface area contributed by atoms with Crippen molar-refractivity contribution in [2.75, 3.05) is 6.61 Å². The van der Waals surface area contributed by atoms with Gasteiger partial charge >= 0.3 is 0 Å². The second kappa shape index (κ2) is 6.55. The third-order valence-electron chi connectivity index (χ3n) is 3.22. The summed E-state index contributed by atoms with van der Waals surface area (Å²) in [5.74, 6) is 1.58. The zero-order chi connectivity index (χ0) is 15.2. The molecule has 3 rings (SSSR count). The van der Waals surface area contributed by atoms with Crippen LogP contribution in [0.25, 0.3) is 11.4 Å². The summed E-state index contributed by atoms with van der Waals surface area (Å²) in [6.07, 6.45) is 7.19. The Morgan fingerprint density at radius 2 is 2.00 bits per heavy atom. The standard InChI is InChI=1S/C17H14N4O/c18-13-14-2-1-3-16(12-14)22-11-10-21-9-8-20-17(21)15-4-6-19-7-5-15/h1-9,12H,10-11H2. The van der Waals surface area contributed by atoms with Gasteiger partial charge in [0, 0.05) is 30.4 Å². The van der Waals surface area contributed by atoms with Crippen LogP contribution in [0.3, 0.4) is 0 Å². The molecule has 0 spiro atoms. The number of pyridine rings is 1. The van der Waals surface area contributed by atoms with Crippen LogP contribution in [-0.4, -0.2) is 21.1 Å². The van der Waals surface area contributed by atoms with Crippen molar-refractivity contribution in [2.24, 2.45) is 0 Å². The van der Waals surface area contributed by atoms with Gasteiger partial charge in [-0.25, -0.2) is 4.98 Å². The number of hydrogen-bond acceptors (Lipinski definition) is 4. The van der Waals surface area contributed by atoms with Gasteiger partial charge in [-0.1, -0.05) is 6.07 Å². The van der Waals surface area contributed by atoms with E-state index < -0.39 is 0 Å². The zero-order valence-corrected chi connectivity index (χ0v) is 11.9. The second-order valence-corrected chi connectivity index (χ2v) is 4.67. The van der Waals surface area contributed by atoms with E-state index in [9.17, 15) is 0 Å². The number of imidazole rings is 1. The number of benzene rings is 1. The first-order chi connectivity index (χ1) is 10.9. The van der Waals surface area contributed by atoms with Crippen molar-refractivity contribution in [3.8, 4) is 23.2 Å². The molecule has 2 heterocycles. The lowest BCUT2D eigenvalue weighted by molar-refractivity contribution is 0.299. The molecular formula is C17H14N4O. The van der Waals surface area contributed by atoms with Crippen LogP contribution in [0.5, 0.6) is 5.75 Å².